The lowest BCUT2D eigenvalue weighted by Crippen LogP contribution is -2.33. The second-order valence-electron chi connectivity index (χ2n) is 7.78. The van der Waals surface area contributed by atoms with Crippen LogP contribution < -0.4 is 15.4 Å². The number of rotatable bonds is 7. The van der Waals surface area contributed by atoms with Gasteiger partial charge >= 0.3 is 6.03 Å². The van der Waals surface area contributed by atoms with E-state index in [4.69, 9.17) is 9.57 Å². The Morgan fingerprint density at radius 2 is 2.18 bits per heavy atom. The van der Waals surface area contributed by atoms with Crippen LogP contribution in [-0.2, 0) is 11.9 Å². The molecule has 2 N–H and O–H groups in total. The van der Waals surface area contributed by atoms with Crippen LogP contribution in [0.1, 0.15) is 6.42 Å². The maximum Gasteiger partial charge on any atom is 0.319 e. The maximum absolute atomic E-state index is 12.3. The van der Waals surface area contributed by atoms with E-state index in [0.29, 0.717) is 19.6 Å². The predicted molar refractivity (Wildman–Crippen MR) is 130 cm³/mol. The summed E-state index contributed by atoms with van der Waals surface area (Å²) in [5.74, 6) is 0.766. The van der Waals surface area contributed by atoms with Crippen LogP contribution in [0.15, 0.2) is 71.5 Å². The largest absolute Gasteiger partial charge is 0.489 e. The predicted octanol–water partition coefficient (Wildman–Crippen LogP) is 4.65. The third kappa shape index (κ3) is 4.98. The Morgan fingerprint density at radius 1 is 1.27 bits per heavy atom. The number of aromatic nitrogens is 2. The lowest BCUT2D eigenvalue weighted by Gasteiger charge is -2.13. The number of hydrogen-bond donors (Lipinski definition) is 2. The summed E-state index contributed by atoms with van der Waals surface area (Å²) < 4.78 is 8.93. The first-order valence-electron chi connectivity index (χ1n) is 10.6. The van der Waals surface area contributed by atoms with Crippen LogP contribution >= 0.6 is 11.3 Å². The molecule has 0 fully saturated rings. The van der Waals surface area contributed by atoms with Gasteiger partial charge in [-0.15, -0.1) is 11.3 Å². The van der Waals surface area contributed by atoms with Crippen LogP contribution in [-0.4, -0.2) is 40.8 Å². The molecule has 0 saturated carbocycles. The summed E-state index contributed by atoms with van der Waals surface area (Å²) in [5.41, 5.74) is 3.49. The van der Waals surface area contributed by atoms with E-state index in [1.165, 1.54) is 5.39 Å². The number of hydrogen-bond acceptors (Lipinski definition) is 6. The second kappa shape index (κ2) is 9.33. The summed E-state index contributed by atoms with van der Waals surface area (Å²) in [6, 6.07) is 15.5. The molecule has 4 aromatic rings. The number of carbonyl (C=O) groups is 1. The van der Waals surface area contributed by atoms with Crippen LogP contribution in [0.25, 0.3) is 21.2 Å². The molecule has 1 atom stereocenters. The van der Waals surface area contributed by atoms with Crippen molar-refractivity contribution in [2.45, 2.75) is 12.5 Å². The van der Waals surface area contributed by atoms with Gasteiger partial charge in [0.05, 0.1) is 18.5 Å². The minimum absolute atomic E-state index is 0.201. The van der Waals surface area contributed by atoms with E-state index in [-0.39, 0.29) is 12.1 Å². The molecule has 0 radical (unpaired) electrons. The Hall–Kier alpha value is -3.85. The minimum atomic E-state index is -0.279. The van der Waals surface area contributed by atoms with Crippen molar-refractivity contribution in [3.05, 3.63) is 66.3 Å². The highest BCUT2D eigenvalue weighted by atomic mass is 32.1. The quantitative estimate of drug-likeness (QED) is 0.419. The Labute approximate surface area is 194 Å². The van der Waals surface area contributed by atoms with Crippen molar-refractivity contribution in [1.29, 1.82) is 0 Å². The fourth-order valence-corrected chi connectivity index (χ4v) is 4.47. The van der Waals surface area contributed by atoms with Crippen molar-refractivity contribution >= 4 is 38.9 Å². The second-order valence-corrected chi connectivity index (χ2v) is 8.73. The highest BCUT2D eigenvalue weighted by molar-refractivity contribution is 7.17. The van der Waals surface area contributed by atoms with Gasteiger partial charge in [-0.2, -0.15) is 5.10 Å². The Balaban J connectivity index is 1.09. The molecule has 8 nitrogen and oxygen atoms in total. The number of thiophene rings is 1. The molecule has 1 aliphatic rings. The lowest BCUT2D eigenvalue weighted by atomic mass is 10.1. The molecule has 5 rings (SSSR count). The number of anilines is 1. The Bertz CT molecular complexity index is 1310. The van der Waals surface area contributed by atoms with Crippen LogP contribution in [0.2, 0.25) is 0 Å². The molecule has 0 spiro atoms. The third-order valence-electron chi connectivity index (χ3n) is 5.29. The number of fused-ring (bicyclic) bond motifs is 1. The summed E-state index contributed by atoms with van der Waals surface area (Å²) >= 11 is 1.64. The van der Waals surface area contributed by atoms with Gasteiger partial charge in [-0.3, -0.25) is 4.68 Å². The van der Waals surface area contributed by atoms with Crippen molar-refractivity contribution < 1.29 is 14.4 Å². The molecule has 1 unspecified atom stereocenters. The number of nitrogens with one attached hydrogen (secondary N) is 2. The summed E-state index contributed by atoms with van der Waals surface area (Å²) in [4.78, 5) is 17.8. The molecule has 168 valence electrons. The normalized spacial score (nSPS) is 15.2. The van der Waals surface area contributed by atoms with Crippen molar-refractivity contribution in [2.75, 3.05) is 18.5 Å². The van der Waals surface area contributed by atoms with Crippen molar-refractivity contribution in [2.24, 2.45) is 12.2 Å². The van der Waals surface area contributed by atoms with Gasteiger partial charge in [0.1, 0.15) is 12.4 Å². The average Bonchev–Trinajstić information content (AvgIpc) is 3.57. The molecule has 0 saturated heterocycles. The zero-order chi connectivity index (χ0) is 22.6. The van der Waals surface area contributed by atoms with Crippen LogP contribution in [0.5, 0.6) is 5.75 Å². The number of oxime groups is 1. The fourth-order valence-electron chi connectivity index (χ4n) is 3.64. The summed E-state index contributed by atoms with van der Waals surface area (Å²) in [6.45, 7) is 0.674. The van der Waals surface area contributed by atoms with E-state index in [2.05, 4.69) is 27.0 Å². The summed E-state index contributed by atoms with van der Waals surface area (Å²) in [6.07, 6.45) is 4.15. The zero-order valence-electron chi connectivity index (χ0n) is 18.0. The number of urea groups is 1. The van der Waals surface area contributed by atoms with E-state index in [1.807, 2.05) is 67.3 Å². The molecular formula is C24H23N5O3S. The molecule has 0 bridgehead atoms. The standard InChI is InChI=1S/C24H23N5O3S/c1-29-14-17(12-26-29)21-4-2-3-5-22(21)31-15-20-10-19(28-32-20)13-25-24(30)27-18-7-6-16-8-9-33-23(16)11-18/h2-9,11-12,14,20H,10,13,15H2,1H3,(H2,25,27,30). The maximum atomic E-state index is 12.3. The first kappa shape index (κ1) is 21.0. The highest BCUT2D eigenvalue weighted by Crippen LogP contribution is 2.30. The van der Waals surface area contributed by atoms with E-state index in [0.717, 1.165) is 33.0 Å². The minimum Gasteiger partial charge on any atom is -0.489 e. The fraction of sp³-hybridized carbons (Fsp3) is 0.208. The smallest absolute Gasteiger partial charge is 0.319 e. The Kier molecular flexibility index (Phi) is 5.95. The average molecular weight is 462 g/mol. The first-order chi connectivity index (χ1) is 16.1. The molecule has 2 aromatic heterocycles. The molecule has 1 aliphatic heterocycles. The van der Waals surface area contributed by atoms with Gasteiger partial charge in [0, 0.05) is 41.2 Å². The molecule has 0 aliphatic carbocycles. The lowest BCUT2D eigenvalue weighted by molar-refractivity contribution is 0.0472. The van der Waals surface area contributed by atoms with Gasteiger partial charge in [0.25, 0.3) is 0 Å². The van der Waals surface area contributed by atoms with Crippen molar-refractivity contribution in [3.63, 3.8) is 0 Å². The topological polar surface area (TPSA) is 89.8 Å². The van der Waals surface area contributed by atoms with E-state index < -0.39 is 0 Å². The number of amides is 2. The number of ether oxygens (including phenoxy) is 1. The van der Waals surface area contributed by atoms with E-state index >= 15 is 0 Å². The SMILES string of the molecule is Cn1cc(-c2ccccc2OCC2CC(CNC(=O)Nc3ccc4ccsc4c3)=NO2)cn1. The van der Waals surface area contributed by atoms with Gasteiger partial charge in [0.15, 0.2) is 6.10 Å². The van der Waals surface area contributed by atoms with Gasteiger partial charge in [-0.1, -0.05) is 29.4 Å². The molecule has 2 amide bonds. The zero-order valence-corrected chi connectivity index (χ0v) is 18.8. The molecule has 33 heavy (non-hydrogen) atoms. The van der Waals surface area contributed by atoms with Gasteiger partial charge in [-0.25, -0.2) is 4.79 Å². The molecule has 3 heterocycles. The number of nitrogens with zero attached hydrogens (tertiary/aromatic N) is 3. The number of carbonyl (C=O) groups excluding carboxylic acids is 1. The van der Waals surface area contributed by atoms with Crippen molar-refractivity contribution in [1.82, 2.24) is 15.1 Å². The van der Waals surface area contributed by atoms with Crippen LogP contribution in [0.4, 0.5) is 10.5 Å². The Morgan fingerprint density at radius 3 is 3.06 bits per heavy atom. The van der Waals surface area contributed by atoms with E-state index in [1.54, 1.807) is 16.0 Å². The molecule has 2 aromatic carbocycles. The van der Waals surface area contributed by atoms with Crippen LogP contribution in [0, 0.1) is 0 Å². The monoisotopic (exact) mass is 461 g/mol. The van der Waals surface area contributed by atoms with Crippen molar-refractivity contribution in [3.8, 4) is 16.9 Å². The first-order valence-corrected chi connectivity index (χ1v) is 11.5. The molecule has 9 heteroatoms. The van der Waals surface area contributed by atoms with Gasteiger partial charge in [-0.05, 0) is 35.0 Å². The van der Waals surface area contributed by atoms with Crippen LogP contribution in [0.3, 0.4) is 0 Å². The number of aryl methyl sites for hydroxylation is 1. The summed E-state index contributed by atoms with van der Waals surface area (Å²) in [7, 11) is 1.88. The van der Waals surface area contributed by atoms with Gasteiger partial charge < -0.3 is 20.2 Å². The number of para-hydroxylation sites is 1. The molecular weight excluding hydrogens is 438 g/mol. The van der Waals surface area contributed by atoms with Gasteiger partial charge in [0.2, 0.25) is 0 Å². The van der Waals surface area contributed by atoms with E-state index in [9.17, 15) is 4.79 Å². The summed E-state index contributed by atoms with van der Waals surface area (Å²) in [5, 5.41) is 17.2. The highest BCUT2D eigenvalue weighted by Gasteiger charge is 2.22. The number of benzene rings is 2. The third-order valence-corrected chi connectivity index (χ3v) is 6.17.